The van der Waals surface area contributed by atoms with Crippen LogP contribution in [0.3, 0.4) is 0 Å². The van der Waals surface area contributed by atoms with Crippen molar-refractivity contribution in [2.24, 2.45) is 5.41 Å². The number of morpholine rings is 1. The lowest BCUT2D eigenvalue weighted by atomic mass is 9.72. The van der Waals surface area contributed by atoms with Crippen LogP contribution in [-0.4, -0.2) is 94.5 Å². The summed E-state index contributed by atoms with van der Waals surface area (Å²) >= 11 is 6.20. The Morgan fingerprint density at radius 1 is 0.985 bits per heavy atom. The van der Waals surface area contributed by atoms with E-state index in [-0.39, 0.29) is 33.4 Å². The zero-order valence-corrected chi connectivity index (χ0v) is 38.9. The molecule has 1 amide bonds. The molecule has 5 aromatic rings. The normalized spacial score (nSPS) is 20.3. The molecule has 1 atom stereocenters. The van der Waals surface area contributed by atoms with Crippen molar-refractivity contribution in [2.75, 3.05) is 63.6 Å². The minimum atomic E-state index is -4.54. The van der Waals surface area contributed by atoms with E-state index in [0.717, 1.165) is 107 Å². The van der Waals surface area contributed by atoms with Crippen LogP contribution in [0.5, 0.6) is 11.5 Å². The van der Waals surface area contributed by atoms with E-state index in [2.05, 4.69) is 56.5 Å². The Morgan fingerprint density at radius 3 is 2.51 bits per heavy atom. The summed E-state index contributed by atoms with van der Waals surface area (Å²) in [6.07, 6.45) is 8.59. The quantitative estimate of drug-likeness (QED) is 0.0316. The number of hydrogen-bond donors (Lipinski definition) is 6. The number of nitrogens with one attached hydrogen (secondary N) is 5. The average molecular weight is 927 g/mol. The van der Waals surface area contributed by atoms with Crippen LogP contribution in [0.15, 0.2) is 102 Å². The Bertz CT molecular complexity index is 2610. The number of aromatic amines is 1. The molecule has 0 radical (unpaired) electrons. The topological polar surface area (TPSA) is 180 Å². The molecule has 0 spiro atoms. The van der Waals surface area contributed by atoms with Gasteiger partial charge in [0, 0.05) is 84.7 Å². The maximum atomic E-state index is 14.0. The molecule has 1 saturated heterocycles. The predicted octanol–water partition coefficient (Wildman–Crippen LogP) is 9.28. The van der Waals surface area contributed by atoms with Crippen LogP contribution in [0.1, 0.15) is 74.7 Å². The first-order chi connectivity index (χ1) is 31.1. The van der Waals surface area contributed by atoms with Crippen LogP contribution in [-0.2, 0) is 14.8 Å². The monoisotopic (exact) mass is 925 g/mol. The second kappa shape index (κ2) is 19.9. The van der Waals surface area contributed by atoms with Gasteiger partial charge in [-0.05, 0) is 122 Å². The van der Waals surface area contributed by atoms with Gasteiger partial charge in [-0.25, -0.2) is 18.3 Å². The van der Waals surface area contributed by atoms with Crippen LogP contribution in [0.4, 0.5) is 17.1 Å². The van der Waals surface area contributed by atoms with Crippen LogP contribution >= 0.6 is 11.6 Å². The minimum Gasteiger partial charge on any atom is -0.593 e. The third-order valence-electron chi connectivity index (χ3n) is 12.9. The van der Waals surface area contributed by atoms with Crippen LogP contribution < -0.4 is 30.2 Å². The number of hydroxylamine groups is 2. The van der Waals surface area contributed by atoms with E-state index in [1.807, 2.05) is 36.5 Å². The highest BCUT2D eigenvalue weighted by Crippen LogP contribution is 2.43. The first-order valence-corrected chi connectivity index (χ1v) is 24.4. The number of nitrogens with zero attached hydrogens (tertiary/aromatic N) is 2. The average Bonchev–Trinajstić information content (AvgIpc) is 3.75. The molecule has 2 fully saturated rings. The molecule has 8 rings (SSSR count). The minimum absolute atomic E-state index is 0.0221. The molecule has 346 valence electrons. The molecule has 14 nitrogen and oxygen atoms in total. The van der Waals surface area contributed by atoms with Gasteiger partial charge in [-0.3, -0.25) is 9.69 Å². The number of allylic oxidation sites excluding steroid dienone is 1. The van der Waals surface area contributed by atoms with Gasteiger partial charge in [-0.15, -0.1) is 0 Å². The third kappa shape index (κ3) is 11.7. The summed E-state index contributed by atoms with van der Waals surface area (Å²) in [4.78, 5) is 17.4. The highest BCUT2D eigenvalue weighted by Gasteiger charge is 2.31. The SMILES string of the molecule is CC1(C)CCC(CNCCNc2ccc(C(=O)NS(=O)(=O)c3ccc(N[C@H]4CC[C@H](N5CCOCC5)CC4)c([N+](C)([O-])O)c3)c(Oc3ccc4[nH]ccc4c3)c2)=C(c2ccc(Cl)cc2)C1. The number of carbonyl (C=O) groups is 1. The molecule has 2 heterocycles. The Labute approximate surface area is 386 Å². The van der Waals surface area contributed by atoms with Crippen molar-refractivity contribution in [1.29, 1.82) is 0 Å². The number of rotatable bonds is 16. The largest absolute Gasteiger partial charge is 0.593 e. The van der Waals surface area contributed by atoms with Gasteiger partial charge >= 0.3 is 0 Å². The zero-order valence-electron chi connectivity index (χ0n) is 37.3. The van der Waals surface area contributed by atoms with E-state index < -0.39 is 20.7 Å². The van der Waals surface area contributed by atoms with Gasteiger partial charge in [0.2, 0.25) is 0 Å². The van der Waals surface area contributed by atoms with Gasteiger partial charge < -0.3 is 35.6 Å². The molecule has 1 saturated carbocycles. The summed E-state index contributed by atoms with van der Waals surface area (Å²) < 4.78 is 41.7. The van der Waals surface area contributed by atoms with Crippen molar-refractivity contribution >= 4 is 61.1 Å². The molecule has 3 aliphatic rings. The van der Waals surface area contributed by atoms with Crippen molar-refractivity contribution in [1.82, 2.24) is 24.7 Å². The Hall–Kier alpha value is -4.97. The lowest BCUT2D eigenvalue weighted by Crippen LogP contribution is -2.46. The molecule has 1 unspecified atom stereocenters. The number of H-pyrrole nitrogens is 1. The number of ether oxygens (including phenoxy) is 2. The lowest BCUT2D eigenvalue weighted by molar-refractivity contribution is -0.00409. The number of benzene rings is 4. The zero-order chi connectivity index (χ0) is 45.8. The van der Waals surface area contributed by atoms with E-state index in [4.69, 9.17) is 21.1 Å². The van der Waals surface area contributed by atoms with E-state index in [1.54, 1.807) is 18.2 Å². The van der Waals surface area contributed by atoms with Crippen molar-refractivity contribution in [2.45, 2.75) is 75.8 Å². The number of quaternary nitrogens is 1. The summed E-state index contributed by atoms with van der Waals surface area (Å²) in [5.74, 6) is -0.345. The van der Waals surface area contributed by atoms with Crippen molar-refractivity contribution < 1.29 is 27.9 Å². The fourth-order valence-corrected chi connectivity index (χ4v) is 10.4. The molecular formula is C49H60ClN7O7S. The second-order valence-electron chi connectivity index (χ2n) is 18.4. The van der Waals surface area contributed by atoms with Crippen molar-refractivity contribution in [3.63, 3.8) is 0 Å². The summed E-state index contributed by atoms with van der Waals surface area (Å²) in [7, 11) is -3.53. The molecule has 6 N–H and O–H groups in total. The number of amides is 1. The fraction of sp³-hybridized carbons (Fsp3) is 0.408. The number of hydrogen-bond acceptors (Lipinski definition) is 11. The Morgan fingerprint density at radius 2 is 1.75 bits per heavy atom. The highest BCUT2D eigenvalue weighted by atomic mass is 35.5. The van der Waals surface area contributed by atoms with E-state index in [9.17, 15) is 23.6 Å². The highest BCUT2D eigenvalue weighted by molar-refractivity contribution is 7.90. The number of aromatic nitrogens is 1. The van der Waals surface area contributed by atoms with Crippen LogP contribution in [0.25, 0.3) is 16.5 Å². The second-order valence-corrected chi connectivity index (χ2v) is 20.5. The lowest BCUT2D eigenvalue weighted by Gasteiger charge is -2.39. The van der Waals surface area contributed by atoms with Gasteiger partial charge in [-0.1, -0.05) is 43.2 Å². The smallest absolute Gasteiger partial charge is 0.268 e. The molecular weight excluding hydrogens is 866 g/mol. The van der Waals surface area contributed by atoms with Crippen molar-refractivity contribution in [3.05, 3.63) is 118 Å². The van der Waals surface area contributed by atoms with Gasteiger partial charge in [0.15, 0.2) is 5.69 Å². The molecule has 0 bridgehead atoms. The van der Waals surface area contributed by atoms with Gasteiger partial charge in [0.05, 0.1) is 29.4 Å². The Kier molecular flexibility index (Phi) is 14.2. The molecule has 4 aromatic carbocycles. The Balaban J connectivity index is 0.953. The summed E-state index contributed by atoms with van der Waals surface area (Å²) in [6.45, 7) is 9.91. The van der Waals surface area contributed by atoms with E-state index in [1.165, 1.54) is 34.9 Å². The first-order valence-electron chi connectivity index (χ1n) is 22.5. The summed E-state index contributed by atoms with van der Waals surface area (Å²) in [6, 6.07) is 24.7. The standard InChI is InChI=1S/C49H60ClN7O7S/c1-49(2)20-18-35(43(31-49)33-4-6-36(50)7-5-33)32-51-22-23-52-38-10-15-42(47(29-38)64-40-13-16-44-34(28-40)19-21-53-44)48(58)55-65(61,62)41-14-17-45(46(30-41)57(3,59)60)54-37-8-11-39(12-9-37)56-24-26-63-27-25-56/h4-7,10,13-17,19,21,28-30,37,39,51-54,59H,8-9,11-12,18,20,22-27,31-32H2,1-3H3,(H,55,58)/t37-,39-. The van der Waals surface area contributed by atoms with E-state index >= 15 is 0 Å². The van der Waals surface area contributed by atoms with Crippen LogP contribution in [0, 0.1) is 10.6 Å². The van der Waals surface area contributed by atoms with Crippen LogP contribution in [0.2, 0.25) is 5.02 Å². The number of halogens is 1. The molecule has 2 aliphatic carbocycles. The number of carbonyl (C=O) groups excluding carboxylic acids is 1. The maximum Gasteiger partial charge on any atom is 0.268 e. The van der Waals surface area contributed by atoms with Crippen molar-refractivity contribution in [3.8, 4) is 11.5 Å². The summed E-state index contributed by atoms with van der Waals surface area (Å²) in [5, 5.41) is 35.7. The maximum absolute atomic E-state index is 14.0. The first kappa shape index (κ1) is 46.6. The fourth-order valence-electron chi connectivity index (χ4n) is 9.27. The van der Waals surface area contributed by atoms with E-state index in [0.29, 0.717) is 36.3 Å². The molecule has 16 heteroatoms. The number of anilines is 2. The predicted molar refractivity (Wildman–Crippen MR) is 258 cm³/mol. The number of sulfonamides is 1. The van der Waals surface area contributed by atoms with Gasteiger partial charge in [0.25, 0.3) is 15.9 Å². The van der Waals surface area contributed by atoms with Gasteiger partial charge in [-0.2, -0.15) is 4.81 Å². The molecule has 1 aliphatic heterocycles. The third-order valence-corrected chi connectivity index (χ3v) is 14.5. The number of fused-ring (bicyclic) bond motifs is 1. The molecule has 65 heavy (non-hydrogen) atoms. The molecule has 1 aromatic heterocycles. The van der Waals surface area contributed by atoms with Gasteiger partial charge in [0.1, 0.15) is 18.5 Å². The summed E-state index contributed by atoms with van der Waals surface area (Å²) in [5.41, 5.74) is 5.88.